The molecular formula is C28H37N7O3S. The highest BCUT2D eigenvalue weighted by Gasteiger charge is 2.29. The number of nitrogens with one attached hydrogen (secondary N) is 1. The second-order valence-corrected chi connectivity index (χ2v) is 12.6. The van der Waals surface area contributed by atoms with Gasteiger partial charge in [-0.15, -0.1) is 0 Å². The van der Waals surface area contributed by atoms with E-state index in [0.717, 1.165) is 60.3 Å². The lowest BCUT2D eigenvalue weighted by Crippen LogP contribution is -2.49. The van der Waals surface area contributed by atoms with Crippen molar-refractivity contribution in [1.82, 2.24) is 19.3 Å². The first kappa shape index (κ1) is 26.2. The molecule has 1 aromatic carbocycles. The number of fused-ring (bicyclic) bond motifs is 1. The summed E-state index contributed by atoms with van der Waals surface area (Å²) in [5, 5.41) is 4.24. The average Bonchev–Trinajstić information content (AvgIpc) is 2.96. The molecule has 208 valence electrons. The number of sulfonamides is 1. The van der Waals surface area contributed by atoms with Crippen LogP contribution in [0, 0.1) is 5.92 Å². The van der Waals surface area contributed by atoms with E-state index in [1.54, 1.807) is 22.8 Å². The predicted molar refractivity (Wildman–Crippen MR) is 153 cm³/mol. The summed E-state index contributed by atoms with van der Waals surface area (Å²) in [5.74, 6) is 3.47. The van der Waals surface area contributed by atoms with Crippen LogP contribution >= 0.6 is 0 Å². The Morgan fingerprint density at radius 2 is 1.64 bits per heavy atom. The first-order valence-corrected chi connectivity index (χ1v) is 15.5. The summed E-state index contributed by atoms with van der Waals surface area (Å²) in [7, 11) is -3.61. The molecule has 0 unspecified atom stereocenters. The number of hydrogen-bond acceptors (Lipinski definition) is 9. The van der Waals surface area contributed by atoms with E-state index in [-0.39, 0.29) is 0 Å². The highest BCUT2D eigenvalue weighted by molar-refractivity contribution is 7.89. The van der Waals surface area contributed by atoms with Gasteiger partial charge < -0.3 is 19.9 Å². The minimum Gasteiger partial charge on any atom is -0.378 e. The van der Waals surface area contributed by atoms with Crippen molar-refractivity contribution < 1.29 is 13.2 Å². The van der Waals surface area contributed by atoms with E-state index in [1.807, 2.05) is 24.3 Å². The molecule has 0 bridgehead atoms. The molecule has 0 atom stereocenters. The summed E-state index contributed by atoms with van der Waals surface area (Å²) >= 11 is 0. The molecule has 1 saturated carbocycles. The largest absolute Gasteiger partial charge is 0.378 e. The van der Waals surface area contributed by atoms with Crippen molar-refractivity contribution >= 4 is 38.4 Å². The molecule has 3 aromatic rings. The van der Waals surface area contributed by atoms with Crippen LogP contribution in [0.15, 0.2) is 47.6 Å². The maximum atomic E-state index is 13.5. The summed E-state index contributed by atoms with van der Waals surface area (Å²) in [5.41, 5.74) is 0.794. The van der Waals surface area contributed by atoms with E-state index >= 15 is 0 Å². The number of anilines is 3. The van der Waals surface area contributed by atoms with Gasteiger partial charge in [0, 0.05) is 57.3 Å². The summed E-state index contributed by atoms with van der Waals surface area (Å²) < 4.78 is 34.0. The fourth-order valence-corrected chi connectivity index (χ4v) is 6.99. The number of morpholine rings is 1. The van der Waals surface area contributed by atoms with Gasteiger partial charge in [-0.2, -0.15) is 4.31 Å². The second-order valence-electron chi connectivity index (χ2n) is 10.6. The van der Waals surface area contributed by atoms with Crippen molar-refractivity contribution in [3.8, 4) is 0 Å². The summed E-state index contributed by atoms with van der Waals surface area (Å²) in [6.45, 7) is 5.87. The zero-order chi connectivity index (χ0) is 26.7. The lowest BCUT2D eigenvalue weighted by Gasteiger charge is -2.35. The van der Waals surface area contributed by atoms with Crippen LogP contribution in [0.3, 0.4) is 0 Å². The van der Waals surface area contributed by atoms with E-state index in [1.165, 1.54) is 25.7 Å². The number of rotatable bonds is 9. The SMILES string of the molecule is O=S(=O)(c1ccc2nc(NCCCC3CCC3)ccc2c1)N1CCN(c2cc(N3CCOCC3)ncn2)CC1. The first-order chi connectivity index (χ1) is 19.1. The van der Waals surface area contributed by atoms with Crippen LogP contribution in [-0.4, -0.2) is 86.7 Å². The molecule has 39 heavy (non-hydrogen) atoms. The molecule has 11 heteroatoms. The second kappa shape index (κ2) is 11.6. The topological polar surface area (TPSA) is 104 Å². The molecule has 0 amide bonds. The van der Waals surface area contributed by atoms with Crippen LogP contribution in [-0.2, 0) is 14.8 Å². The van der Waals surface area contributed by atoms with Gasteiger partial charge >= 0.3 is 0 Å². The number of hydrogen-bond donors (Lipinski definition) is 1. The van der Waals surface area contributed by atoms with Gasteiger partial charge in [0.2, 0.25) is 10.0 Å². The van der Waals surface area contributed by atoms with Gasteiger partial charge in [-0.1, -0.05) is 19.3 Å². The number of aromatic nitrogens is 3. The Hall–Kier alpha value is -3.02. The Balaban J connectivity index is 1.07. The molecular weight excluding hydrogens is 514 g/mol. The normalized spacial score (nSPS) is 19.3. The van der Waals surface area contributed by atoms with Gasteiger partial charge in [0.25, 0.3) is 0 Å². The predicted octanol–water partition coefficient (Wildman–Crippen LogP) is 3.36. The Morgan fingerprint density at radius 3 is 2.36 bits per heavy atom. The quantitative estimate of drug-likeness (QED) is 0.401. The van der Waals surface area contributed by atoms with Crippen molar-refractivity contribution in [3.05, 3.63) is 42.7 Å². The number of nitrogens with zero attached hydrogens (tertiary/aromatic N) is 6. The van der Waals surface area contributed by atoms with Gasteiger partial charge in [-0.05, 0) is 49.1 Å². The number of piperazine rings is 1. The van der Waals surface area contributed by atoms with Crippen molar-refractivity contribution in [3.63, 3.8) is 0 Å². The molecule has 10 nitrogen and oxygen atoms in total. The average molecular weight is 552 g/mol. The van der Waals surface area contributed by atoms with Crippen LogP contribution in [0.2, 0.25) is 0 Å². The Bertz CT molecular complexity index is 1380. The monoisotopic (exact) mass is 551 g/mol. The van der Waals surface area contributed by atoms with Crippen LogP contribution in [0.1, 0.15) is 32.1 Å². The molecule has 3 aliphatic rings. The van der Waals surface area contributed by atoms with Gasteiger partial charge in [0.15, 0.2) is 0 Å². The lowest BCUT2D eigenvalue weighted by atomic mass is 9.82. The molecule has 6 rings (SSSR count). The van der Waals surface area contributed by atoms with Crippen LogP contribution in [0.25, 0.3) is 10.9 Å². The maximum absolute atomic E-state index is 13.5. The van der Waals surface area contributed by atoms with Crippen LogP contribution in [0.5, 0.6) is 0 Å². The number of ether oxygens (including phenoxy) is 1. The molecule has 2 saturated heterocycles. The van der Waals surface area contributed by atoms with E-state index in [0.29, 0.717) is 44.3 Å². The molecule has 2 aliphatic heterocycles. The van der Waals surface area contributed by atoms with E-state index in [4.69, 9.17) is 9.72 Å². The van der Waals surface area contributed by atoms with Crippen LogP contribution in [0.4, 0.5) is 17.5 Å². The van der Waals surface area contributed by atoms with Crippen molar-refractivity contribution in [2.45, 2.75) is 37.0 Å². The minimum absolute atomic E-state index is 0.308. The van der Waals surface area contributed by atoms with Gasteiger partial charge in [0.05, 0.1) is 23.6 Å². The third-order valence-electron chi connectivity index (χ3n) is 8.15. The Labute approximate surface area is 230 Å². The van der Waals surface area contributed by atoms with Crippen molar-refractivity contribution in [1.29, 1.82) is 0 Å². The smallest absolute Gasteiger partial charge is 0.243 e. The fraction of sp³-hybridized carbons (Fsp3) is 0.536. The van der Waals surface area contributed by atoms with Gasteiger partial charge in [-0.25, -0.2) is 23.4 Å². The first-order valence-electron chi connectivity index (χ1n) is 14.1. The molecule has 4 heterocycles. The zero-order valence-electron chi connectivity index (χ0n) is 22.3. The Morgan fingerprint density at radius 1 is 0.897 bits per heavy atom. The van der Waals surface area contributed by atoms with Crippen molar-refractivity contribution in [2.75, 3.05) is 74.1 Å². The van der Waals surface area contributed by atoms with E-state index in [2.05, 4.69) is 25.1 Å². The van der Waals surface area contributed by atoms with Gasteiger partial charge in [-0.3, -0.25) is 0 Å². The summed E-state index contributed by atoms with van der Waals surface area (Å²) in [4.78, 5) is 18.2. The van der Waals surface area contributed by atoms with E-state index < -0.39 is 10.0 Å². The molecule has 0 spiro atoms. The third kappa shape index (κ3) is 5.95. The van der Waals surface area contributed by atoms with Crippen LogP contribution < -0.4 is 15.1 Å². The standard InChI is InChI=1S/C28H37N7O3S/c36-39(37,24-7-8-25-23(19-24)6-9-26(32-25)29-10-2-5-22-3-1-4-22)35-13-11-33(12-14-35)27-20-28(31-21-30-27)34-15-17-38-18-16-34/h6-9,19-22H,1-5,10-18H2,(H,29,32). The van der Waals surface area contributed by atoms with Gasteiger partial charge in [0.1, 0.15) is 23.8 Å². The third-order valence-corrected chi connectivity index (χ3v) is 10.0. The molecule has 2 aromatic heterocycles. The highest BCUT2D eigenvalue weighted by atomic mass is 32.2. The maximum Gasteiger partial charge on any atom is 0.243 e. The summed E-state index contributed by atoms with van der Waals surface area (Å²) in [6, 6.07) is 11.1. The zero-order valence-corrected chi connectivity index (χ0v) is 23.2. The molecule has 3 fully saturated rings. The fourth-order valence-electron chi connectivity index (χ4n) is 5.53. The Kier molecular flexibility index (Phi) is 7.80. The number of pyridine rings is 1. The van der Waals surface area contributed by atoms with Crippen molar-refractivity contribution in [2.24, 2.45) is 5.92 Å². The molecule has 1 aliphatic carbocycles. The number of benzene rings is 1. The summed E-state index contributed by atoms with van der Waals surface area (Å²) in [6.07, 6.45) is 8.17. The minimum atomic E-state index is -3.61. The molecule has 0 radical (unpaired) electrons. The highest BCUT2D eigenvalue weighted by Crippen LogP contribution is 2.30. The van der Waals surface area contributed by atoms with E-state index in [9.17, 15) is 8.42 Å². The molecule has 1 N–H and O–H groups in total. The lowest BCUT2D eigenvalue weighted by molar-refractivity contribution is 0.122.